The van der Waals surface area contributed by atoms with Crippen molar-refractivity contribution in [2.45, 2.75) is 64.0 Å². The van der Waals surface area contributed by atoms with Crippen molar-refractivity contribution in [3.63, 3.8) is 0 Å². The van der Waals surface area contributed by atoms with Crippen molar-refractivity contribution in [3.05, 3.63) is 41.6 Å². The van der Waals surface area contributed by atoms with Crippen LogP contribution in [0.4, 0.5) is 4.79 Å². The minimum atomic E-state index is -0.414. The molecule has 2 aromatic rings. The van der Waals surface area contributed by atoms with E-state index in [4.69, 9.17) is 15.0 Å². The van der Waals surface area contributed by atoms with Crippen LogP contribution in [0.3, 0.4) is 0 Å². The molecule has 0 spiro atoms. The highest BCUT2D eigenvalue weighted by Gasteiger charge is 2.47. The third kappa shape index (κ3) is 4.72. The molecule has 0 aliphatic heterocycles. The van der Waals surface area contributed by atoms with Crippen molar-refractivity contribution in [3.8, 4) is 6.07 Å². The standard InChI is InChI=1S/C21H25N3O2/c1-20(2,3)24-19(25)26-21(10-11-21)14-17-8-7-16-13-15(5-4-12-22)6-9-18(16)23-17/h6-9,13H,4-5,10-11,14H2,1-3H3,(H,24,25). The summed E-state index contributed by atoms with van der Waals surface area (Å²) in [6.07, 6.45) is 3.30. The van der Waals surface area contributed by atoms with E-state index in [1.165, 1.54) is 0 Å². The van der Waals surface area contributed by atoms with Gasteiger partial charge in [0.2, 0.25) is 0 Å². The minimum Gasteiger partial charge on any atom is -0.443 e. The number of ether oxygens (including phenoxy) is 1. The summed E-state index contributed by atoms with van der Waals surface area (Å²) in [5.74, 6) is 0. The number of pyridine rings is 1. The Morgan fingerprint density at radius 2 is 2.08 bits per heavy atom. The summed E-state index contributed by atoms with van der Waals surface area (Å²) in [5, 5.41) is 12.6. The van der Waals surface area contributed by atoms with Crippen LogP contribution >= 0.6 is 0 Å². The number of nitrogens with one attached hydrogen (secondary N) is 1. The summed E-state index contributed by atoms with van der Waals surface area (Å²) in [5.41, 5.74) is 2.29. The van der Waals surface area contributed by atoms with Crippen LogP contribution in [-0.2, 0) is 17.6 Å². The van der Waals surface area contributed by atoms with Gasteiger partial charge in [-0.05, 0) is 63.8 Å². The molecule has 0 atom stereocenters. The van der Waals surface area contributed by atoms with Gasteiger partial charge in [0, 0.05) is 29.5 Å². The number of fused-ring (bicyclic) bond motifs is 1. The van der Waals surface area contributed by atoms with E-state index < -0.39 is 5.60 Å². The van der Waals surface area contributed by atoms with E-state index in [2.05, 4.69) is 23.5 Å². The van der Waals surface area contributed by atoms with E-state index in [9.17, 15) is 4.79 Å². The maximum atomic E-state index is 12.1. The number of hydrogen-bond donors (Lipinski definition) is 1. The number of alkyl carbamates (subject to hydrolysis) is 1. The highest BCUT2D eigenvalue weighted by molar-refractivity contribution is 5.79. The lowest BCUT2D eigenvalue weighted by atomic mass is 10.1. The van der Waals surface area contributed by atoms with E-state index in [1.54, 1.807) is 0 Å². The molecule has 1 amide bonds. The van der Waals surface area contributed by atoms with E-state index in [0.717, 1.165) is 41.4 Å². The monoisotopic (exact) mass is 351 g/mol. The molecule has 1 aromatic carbocycles. The Balaban J connectivity index is 1.69. The van der Waals surface area contributed by atoms with Crippen molar-refractivity contribution in [2.75, 3.05) is 0 Å². The molecule has 0 bridgehead atoms. The van der Waals surface area contributed by atoms with Crippen LogP contribution in [0.2, 0.25) is 0 Å². The minimum absolute atomic E-state index is 0.308. The average Bonchev–Trinajstić information content (AvgIpc) is 3.29. The van der Waals surface area contributed by atoms with Crippen molar-refractivity contribution < 1.29 is 9.53 Å². The lowest BCUT2D eigenvalue weighted by Crippen LogP contribution is -2.43. The normalized spacial score (nSPS) is 15.3. The predicted octanol–water partition coefficient (Wildman–Crippen LogP) is 4.29. The number of nitriles is 1. The van der Waals surface area contributed by atoms with E-state index in [-0.39, 0.29) is 11.6 Å². The molecule has 5 nitrogen and oxygen atoms in total. The molecule has 1 aromatic heterocycles. The molecule has 136 valence electrons. The smallest absolute Gasteiger partial charge is 0.408 e. The lowest BCUT2D eigenvalue weighted by Gasteiger charge is -2.23. The van der Waals surface area contributed by atoms with Gasteiger partial charge in [0.25, 0.3) is 0 Å². The zero-order valence-corrected chi connectivity index (χ0v) is 15.6. The van der Waals surface area contributed by atoms with E-state index in [0.29, 0.717) is 12.8 Å². The van der Waals surface area contributed by atoms with Gasteiger partial charge < -0.3 is 10.1 Å². The summed E-state index contributed by atoms with van der Waals surface area (Å²) in [4.78, 5) is 16.8. The zero-order chi connectivity index (χ0) is 18.8. The van der Waals surface area contributed by atoms with Crippen LogP contribution in [0, 0.1) is 11.3 Å². The van der Waals surface area contributed by atoms with Crippen molar-refractivity contribution in [2.24, 2.45) is 0 Å². The SMILES string of the molecule is CC(C)(C)NC(=O)OC1(Cc2ccc3cc(CCC#N)ccc3n2)CC1. The number of nitrogens with zero attached hydrogens (tertiary/aromatic N) is 2. The Bertz CT molecular complexity index is 858. The molecule has 26 heavy (non-hydrogen) atoms. The molecule has 3 rings (SSSR count). The van der Waals surface area contributed by atoms with Crippen molar-refractivity contribution >= 4 is 17.0 Å². The lowest BCUT2D eigenvalue weighted by molar-refractivity contribution is 0.0764. The fraction of sp³-hybridized carbons (Fsp3) is 0.476. The first kappa shape index (κ1) is 18.2. The number of hydrogen-bond acceptors (Lipinski definition) is 4. The summed E-state index contributed by atoms with van der Waals surface area (Å²) in [6.45, 7) is 5.80. The van der Waals surface area contributed by atoms with E-state index in [1.807, 2.05) is 39.0 Å². The Morgan fingerprint density at radius 3 is 2.73 bits per heavy atom. The van der Waals surface area contributed by atoms with Crippen LogP contribution in [0.15, 0.2) is 30.3 Å². The second-order valence-corrected chi connectivity index (χ2v) is 8.11. The largest absolute Gasteiger partial charge is 0.443 e. The Labute approximate surface area is 154 Å². The van der Waals surface area contributed by atoms with Crippen LogP contribution in [-0.4, -0.2) is 22.2 Å². The number of aryl methyl sites for hydroxylation is 1. The molecule has 1 heterocycles. The molecule has 0 unspecified atom stereocenters. The Kier molecular flexibility index (Phi) is 4.86. The first-order chi connectivity index (χ1) is 12.3. The molecule has 1 fully saturated rings. The highest BCUT2D eigenvalue weighted by Crippen LogP contribution is 2.42. The Hall–Kier alpha value is -2.61. The van der Waals surface area contributed by atoms with Gasteiger partial charge in [-0.25, -0.2) is 4.79 Å². The topological polar surface area (TPSA) is 75.0 Å². The fourth-order valence-corrected chi connectivity index (χ4v) is 2.98. The van der Waals surface area contributed by atoms with Crippen LogP contribution in [0.1, 0.15) is 51.3 Å². The van der Waals surface area contributed by atoms with Gasteiger partial charge in [0.05, 0.1) is 11.6 Å². The van der Waals surface area contributed by atoms with Gasteiger partial charge >= 0.3 is 6.09 Å². The molecule has 1 aliphatic rings. The third-order valence-corrected chi connectivity index (χ3v) is 4.43. The molecule has 1 saturated carbocycles. The zero-order valence-electron chi connectivity index (χ0n) is 15.6. The maximum Gasteiger partial charge on any atom is 0.408 e. The molecular weight excluding hydrogens is 326 g/mol. The van der Waals surface area contributed by atoms with Gasteiger partial charge in [-0.3, -0.25) is 4.98 Å². The Morgan fingerprint density at radius 1 is 1.31 bits per heavy atom. The summed E-state index contributed by atoms with van der Waals surface area (Å²) in [7, 11) is 0. The number of benzene rings is 1. The molecule has 0 saturated heterocycles. The first-order valence-electron chi connectivity index (χ1n) is 9.05. The van der Waals surface area contributed by atoms with Crippen LogP contribution in [0.5, 0.6) is 0 Å². The number of amides is 1. The fourth-order valence-electron chi connectivity index (χ4n) is 2.98. The summed E-state index contributed by atoms with van der Waals surface area (Å²) < 4.78 is 5.68. The summed E-state index contributed by atoms with van der Waals surface area (Å²) in [6, 6.07) is 12.3. The molecule has 1 aliphatic carbocycles. The number of carbonyl (C=O) groups is 1. The molecular formula is C21H25N3O2. The van der Waals surface area contributed by atoms with Crippen molar-refractivity contribution in [1.29, 1.82) is 5.26 Å². The van der Waals surface area contributed by atoms with Crippen LogP contribution < -0.4 is 5.32 Å². The van der Waals surface area contributed by atoms with Gasteiger partial charge in [-0.1, -0.05) is 12.1 Å². The van der Waals surface area contributed by atoms with Crippen molar-refractivity contribution in [1.82, 2.24) is 10.3 Å². The van der Waals surface area contributed by atoms with Gasteiger partial charge in [0.15, 0.2) is 0 Å². The summed E-state index contributed by atoms with van der Waals surface area (Å²) >= 11 is 0. The quantitative estimate of drug-likeness (QED) is 0.872. The van der Waals surface area contributed by atoms with Crippen LogP contribution in [0.25, 0.3) is 10.9 Å². The second kappa shape index (κ2) is 6.95. The third-order valence-electron chi connectivity index (χ3n) is 4.43. The number of aromatic nitrogens is 1. The first-order valence-corrected chi connectivity index (χ1v) is 9.05. The highest BCUT2D eigenvalue weighted by atomic mass is 16.6. The predicted molar refractivity (Wildman–Crippen MR) is 101 cm³/mol. The van der Waals surface area contributed by atoms with E-state index >= 15 is 0 Å². The molecule has 5 heteroatoms. The number of rotatable bonds is 5. The molecule has 1 N–H and O–H groups in total. The molecule has 0 radical (unpaired) electrons. The van der Waals surface area contributed by atoms with Gasteiger partial charge in [-0.15, -0.1) is 0 Å². The van der Waals surface area contributed by atoms with Gasteiger partial charge in [-0.2, -0.15) is 5.26 Å². The average molecular weight is 351 g/mol. The van der Waals surface area contributed by atoms with Gasteiger partial charge in [0.1, 0.15) is 5.60 Å². The number of carbonyl (C=O) groups excluding carboxylic acids is 1. The second-order valence-electron chi connectivity index (χ2n) is 8.11. The maximum absolute atomic E-state index is 12.1.